The van der Waals surface area contributed by atoms with Crippen molar-refractivity contribution in [3.05, 3.63) is 0 Å². The lowest BCUT2D eigenvalue weighted by molar-refractivity contribution is -0.126. The standard InChI is InChI=1S/C13H26N4O2/c1-12(2,10(18)8-6-7-9-14)16-17-13(3,4)11(19)15-5/h6-9,14H2,1-5H3,(H,15,19). The molecule has 0 unspecified atom stereocenters. The number of nitrogens with zero attached hydrogens (tertiary/aromatic N) is 2. The lowest BCUT2D eigenvalue weighted by atomic mass is 9.96. The van der Waals surface area contributed by atoms with Crippen molar-refractivity contribution >= 4 is 11.7 Å². The first-order valence-corrected chi connectivity index (χ1v) is 6.57. The van der Waals surface area contributed by atoms with E-state index >= 15 is 0 Å². The predicted molar refractivity (Wildman–Crippen MR) is 75.0 cm³/mol. The Balaban J connectivity index is 4.66. The minimum absolute atomic E-state index is 0.0115. The van der Waals surface area contributed by atoms with Gasteiger partial charge in [-0.05, 0) is 47.1 Å². The second-order valence-corrected chi connectivity index (χ2v) is 5.57. The summed E-state index contributed by atoms with van der Waals surface area (Å²) < 4.78 is 0. The van der Waals surface area contributed by atoms with Crippen LogP contribution in [0.25, 0.3) is 0 Å². The lowest BCUT2D eigenvalue weighted by Crippen LogP contribution is -2.39. The number of hydrogen-bond donors (Lipinski definition) is 2. The molecule has 0 aliphatic rings. The molecular weight excluding hydrogens is 244 g/mol. The number of Topliss-reactive ketones (excluding diaryl/α,β-unsaturated/α-hetero) is 1. The zero-order valence-corrected chi connectivity index (χ0v) is 12.6. The highest BCUT2D eigenvalue weighted by molar-refractivity contribution is 5.88. The van der Waals surface area contributed by atoms with Crippen LogP contribution in [0.3, 0.4) is 0 Å². The van der Waals surface area contributed by atoms with E-state index in [2.05, 4.69) is 15.5 Å². The Bertz CT molecular complexity index is 349. The van der Waals surface area contributed by atoms with Crippen molar-refractivity contribution in [1.29, 1.82) is 0 Å². The van der Waals surface area contributed by atoms with Gasteiger partial charge >= 0.3 is 0 Å². The summed E-state index contributed by atoms with van der Waals surface area (Å²) in [6.07, 6.45) is 2.01. The Morgan fingerprint density at radius 2 is 1.58 bits per heavy atom. The van der Waals surface area contributed by atoms with Gasteiger partial charge in [0.05, 0.1) is 0 Å². The molecule has 3 N–H and O–H groups in total. The molecule has 6 heteroatoms. The van der Waals surface area contributed by atoms with E-state index in [1.54, 1.807) is 34.7 Å². The molecule has 0 aromatic rings. The maximum absolute atomic E-state index is 12.0. The highest BCUT2D eigenvalue weighted by Crippen LogP contribution is 2.19. The van der Waals surface area contributed by atoms with Gasteiger partial charge in [0.15, 0.2) is 11.3 Å². The number of carbonyl (C=O) groups excluding carboxylic acids is 2. The van der Waals surface area contributed by atoms with Crippen LogP contribution in [-0.4, -0.2) is 36.4 Å². The van der Waals surface area contributed by atoms with E-state index < -0.39 is 11.1 Å². The van der Waals surface area contributed by atoms with Crippen LogP contribution in [0, 0.1) is 0 Å². The lowest BCUT2D eigenvalue weighted by Gasteiger charge is -2.21. The molecule has 6 nitrogen and oxygen atoms in total. The first kappa shape index (κ1) is 17.7. The third kappa shape index (κ3) is 5.92. The summed E-state index contributed by atoms with van der Waals surface area (Å²) in [7, 11) is 1.54. The highest BCUT2D eigenvalue weighted by Gasteiger charge is 2.30. The van der Waals surface area contributed by atoms with Crippen molar-refractivity contribution < 1.29 is 9.59 Å². The van der Waals surface area contributed by atoms with Gasteiger partial charge in [0.2, 0.25) is 5.91 Å². The Morgan fingerprint density at radius 3 is 2.05 bits per heavy atom. The van der Waals surface area contributed by atoms with Crippen LogP contribution >= 0.6 is 0 Å². The largest absolute Gasteiger partial charge is 0.357 e. The zero-order chi connectivity index (χ0) is 15.1. The van der Waals surface area contributed by atoms with Crippen LogP contribution in [0.5, 0.6) is 0 Å². The maximum atomic E-state index is 12.0. The number of nitrogens with two attached hydrogens (primary N) is 1. The fourth-order valence-corrected chi connectivity index (χ4v) is 1.39. The molecule has 0 aromatic heterocycles. The average molecular weight is 270 g/mol. The molecule has 110 valence electrons. The number of unbranched alkanes of at least 4 members (excludes halogenated alkanes) is 1. The number of azo groups is 1. The van der Waals surface area contributed by atoms with Crippen LogP contribution in [0.2, 0.25) is 0 Å². The Morgan fingerprint density at radius 1 is 1.05 bits per heavy atom. The average Bonchev–Trinajstić information content (AvgIpc) is 2.35. The molecule has 0 aromatic carbocycles. The van der Waals surface area contributed by atoms with Crippen LogP contribution in [-0.2, 0) is 9.59 Å². The van der Waals surface area contributed by atoms with Gasteiger partial charge in [-0.3, -0.25) is 9.59 Å². The minimum atomic E-state index is -0.969. The number of rotatable bonds is 8. The minimum Gasteiger partial charge on any atom is -0.357 e. The number of carbonyl (C=O) groups is 2. The van der Waals surface area contributed by atoms with Crippen molar-refractivity contribution in [3.63, 3.8) is 0 Å². The van der Waals surface area contributed by atoms with Crippen molar-refractivity contribution in [1.82, 2.24) is 5.32 Å². The summed E-state index contributed by atoms with van der Waals surface area (Å²) in [5.41, 5.74) is 3.52. The molecule has 0 heterocycles. The normalized spacial score (nSPS) is 12.7. The molecule has 0 aliphatic carbocycles. The van der Waals surface area contributed by atoms with E-state index in [-0.39, 0.29) is 11.7 Å². The SMILES string of the molecule is CNC(=O)C(C)(C)N=NC(C)(C)C(=O)CCCCN. The quantitative estimate of drug-likeness (QED) is 0.516. The molecule has 0 saturated carbocycles. The summed E-state index contributed by atoms with van der Waals surface area (Å²) in [5, 5.41) is 10.6. The van der Waals surface area contributed by atoms with Gasteiger partial charge in [-0.25, -0.2) is 0 Å². The molecule has 1 amide bonds. The van der Waals surface area contributed by atoms with Crippen molar-refractivity contribution in [2.45, 2.75) is 58.0 Å². The van der Waals surface area contributed by atoms with Gasteiger partial charge in [0.25, 0.3) is 0 Å². The first-order valence-electron chi connectivity index (χ1n) is 6.57. The number of hydrogen-bond acceptors (Lipinski definition) is 5. The summed E-state index contributed by atoms with van der Waals surface area (Å²) >= 11 is 0. The van der Waals surface area contributed by atoms with Gasteiger partial charge < -0.3 is 11.1 Å². The van der Waals surface area contributed by atoms with E-state index in [4.69, 9.17) is 5.73 Å². The molecule has 0 spiro atoms. The van der Waals surface area contributed by atoms with Crippen LogP contribution in [0.4, 0.5) is 0 Å². The van der Waals surface area contributed by atoms with Gasteiger partial charge in [0, 0.05) is 13.5 Å². The van der Waals surface area contributed by atoms with E-state index in [0.29, 0.717) is 13.0 Å². The number of nitrogens with one attached hydrogen (secondary N) is 1. The number of ketones is 1. The Hall–Kier alpha value is -1.30. The molecule has 0 bridgehead atoms. The summed E-state index contributed by atoms with van der Waals surface area (Å²) in [5.74, 6) is -0.222. The predicted octanol–water partition coefficient (Wildman–Crippen LogP) is 1.44. The molecule has 19 heavy (non-hydrogen) atoms. The molecule has 0 atom stereocenters. The van der Waals surface area contributed by atoms with Gasteiger partial charge in [0.1, 0.15) is 5.54 Å². The van der Waals surface area contributed by atoms with Crippen LogP contribution in [0.1, 0.15) is 47.0 Å². The zero-order valence-electron chi connectivity index (χ0n) is 12.6. The van der Waals surface area contributed by atoms with Crippen molar-refractivity contribution in [2.75, 3.05) is 13.6 Å². The van der Waals surface area contributed by atoms with Crippen LogP contribution in [0.15, 0.2) is 10.2 Å². The summed E-state index contributed by atoms with van der Waals surface area (Å²) in [4.78, 5) is 23.6. The van der Waals surface area contributed by atoms with E-state index in [0.717, 1.165) is 12.8 Å². The molecule has 0 rings (SSSR count). The third-order valence-electron chi connectivity index (χ3n) is 2.87. The fourth-order valence-electron chi connectivity index (χ4n) is 1.39. The molecule has 0 radical (unpaired) electrons. The monoisotopic (exact) mass is 270 g/mol. The van der Waals surface area contributed by atoms with Gasteiger partial charge in [-0.2, -0.15) is 10.2 Å². The molecule has 0 saturated heterocycles. The van der Waals surface area contributed by atoms with E-state index in [9.17, 15) is 9.59 Å². The van der Waals surface area contributed by atoms with Gasteiger partial charge in [-0.1, -0.05) is 0 Å². The second-order valence-electron chi connectivity index (χ2n) is 5.57. The summed E-state index contributed by atoms with van der Waals surface area (Å²) in [6.45, 7) is 7.32. The van der Waals surface area contributed by atoms with Crippen molar-refractivity contribution in [3.8, 4) is 0 Å². The van der Waals surface area contributed by atoms with E-state index in [1.165, 1.54) is 0 Å². The third-order valence-corrected chi connectivity index (χ3v) is 2.87. The number of likely N-dealkylation sites (N-methyl/N-ethyl adjacent to an activating group) is 1. The Kier molecular flexibility index (Phi) is 6.83. The summed E-state index contributed by atoms with van der Waals surface area (Å²) in [6, 6.07) is 0. The molecule has 0 aliphatic heterocycles. The first-order chi connectivity index (χ1) is 8.67. The van der Waals surface area contributed by atoms with Crippen molar-refractivity contribution in [2.24, 2.45) is 16.0 Å². The van der Waals surface area contributed by atoms with Crippen LogP contribution < -0.4 is 11.1 Å². The Labute approximate surface area is 115 Å². The highest BCUT2D eigenvalue weighted by atomic mass is 16.2. The topological polar surface area (TPSA) is 96.9 Å². The maximum Gasteiger partial charge on any atom is 0.249 e. The second kappa shape index (κ2) is 7.33. The smallest absolute Gasteiger partial charge is 0.249 e. The number of amides is 1. The molecule has 0 fully saturated rings. The van der Waals surface area contributed by atoms with Gasteiger partial charge in [-0.15, -0.1) is 0 Å². The fraction of sp³-hybridized carbons (Fsp3) is 0.846. The van der Waals surface area contributed by atoms with E-state index in [1.807, 2.05) is 0 Å². The molecular formula is C13H26N4O2.